The first-order valence-corrected chi connectivity index (χ1v) is 10.3. The molecule has 2 amide bonds. The highest BCUT2D eigenvalue weighted by Gasteiger charge is 2.31. The zero-order valence-electron chi connectivity index (χ0n) is 17.8. The van der Waals surface area contributed by atoms with Gasteiger partial charge in [0.2, 0.25) is 0 Å². The Kier molecular flexibility index (Phi) is 8.49. The first-order chi connectivity index (χ1) is 13.8. The number of hydrogen-bond donors (Lipinski definition) is 1. The smallest absolute Gasteiger partial charge is 0.329 e. The van der Waals surface area contributed by atoms with E-state index in [9.17, 15) is 14.4 Å². The SMILES string of the molecule is COc1ccc(C(=O)N[C@H](C(=O)O[C@@H](C)C(=O)N2CCCCCC2)C(C)C)cc1. The monoisotopic (exact) mass is 404 g/mol. The first-order valence-electron chi connectivity index (χ1n) is 10.3. The van der Waals surface area contributed by atoms with Gasteiger partial charge in [-0.05, 0) is 49.9 Å². The standard InChI is InChI=1S/C22H32N2O5/c1-15(2)19(23-20(25)17-9-11-18(28-4)12-10-17)22(27)29-16(3)21(26)24-13-7-5-6-8-14-24/h9-12,15-16,19H,5-8,13-14H2,1-4H3,(H,23,25)/t16-,19-/m0/s1. The molecule has 2 rings (SSSR count). The number of methoxy groups -OCH3 is 1. The van der Waals surface area contributed by atoms with Crippen molar-refractivity contribution in [3.8, 4) is 5.75 Å². The molecule has 29 heavy (non-hydrogen) atoms. The summed E-state index contributed by atoms with van der Waals surface area (Å²) < 4.78 is 10.5. The van der Waals surface area contributed by atoms with Gasteiger partial charge in [0.05, 0.1) is 7.11 Å². The Bertz CT molecular complexity index is 694. The number of nitrogens with zero attached hydrogens (tertiary/aromatic N) is 1. The number of carbonyl (C=O) groups excluding carboxylic acids is 3. The van der Waals surface area contributed by atoms with Crippen molar-refractivity contribution in [2.45, 2.75) is 58.6 Å². The number of hydrogen-bond acceptors (Lipinski definition) is 5. The zero-order chi connectivity index (χ0) is 21.4. The van der Waals surface area contributed by atoms with Crippen LogP contribution in [0.15, 0.2) is 24.3 Å². The molecule has 1 N–H and O–H groups in total. The molecule has 1 aliphatic heterocycles. The van der Waals surface area contributed by atoms with Crippen molar-refractivity contribution in [2.75, 3.05) is 20.2 Å². The molecule has 1 heterocycles. The average molecular weight is 405 g/mol. The van der Waals surface area contributed by atoms with E-state index in [4.69, 9.17) is 9.47 Å². The van der Waals surface area contributed by atoms with Crippen molar-refractivity contribution in [3.63, 3.8) is 0 Å². The first kappa shape index (κ1) is 22.7. The van der Waals surface area contributed by atoms with Gasteiger partial charge >= 0.3 is 5.97 Å². The van der Waals surface area contributed by atoms with Gasteiger partial charge < -0.3 is 19.7 Å². The van der Waals surface area contributed by atoms with Crippen LogP contribution >= 0.6 is 0 Å². The molecule has 160 valence electrons. The molecule has 0 saturated carbocycles. The molecule has 1 aliphatic rings. The summed E-state index contributed by atoms with van der Waals surface area (Å²) in [5.74, 6) is -0.705. The number of carbonyl (C=O) groups is 3. The van der Waals surface area contributed by atoms with Crippen LogP contribution in [0.5, 0.6) is 5.75 Å². The van der Waals surface area contributed by atoms with E-state index in [2.05, 4.69) is 5.32 Å². The molecule has 0 aliphatic carbocycles. The van der Waals surface area contributed by atoms with Crippen molar-refractivity contribution >= 4 is 17.8 Å². The molecule has 1 saturated heterocycles. The predicted molar refractivity (Wildman–Crippen MR) is 110 cm³/mol. The normalized spacial score (nSPS) is 16.5. The van der Waals surface area contributed by atoms with Gasteiger partial charge in [-0.1, -0.05) is 26.7 Å². The van der Waals surface area contributed by atoms with E-state index in [1.54, 1.807) is 43.2 Å². The summed E-state index contributed by atoms with van der Waals surface area (Å²) in [5, 5.41) is 2.72. The molecule has 0 spiro atoms. The summed E-state index contributed by atoms with van der Waals surface area (Å²) in [7, 11) is 1.55. The topological polar surface area (TPSA) is 84.9 Å². The molecule has 7 nitrogen and oxygen atoms in total. The number of rotatable bonds is 7. The van der Waals surface area contributed by atoms with Gasteiger partial charge in [-0.25, -0.2) is 4.79 Å². The molecular weight excluding hydrogens is 372 g/mol. The lowest BCUT2D eigenvalue weighted by Crippen LogP contribution is -2.48. The molecular formula is C22H32N2O5. The highest BCUT2D eigenvalue weighted by atomic mass is 16.5. The molecule has 2 atom stereocenters. The Morgan fingerprint density at radius 3 is 2.07 bits per heavy atom. The van der Waals surface area contributed by atoms with Gasteiger partial charge in [0.1, 0.15) is 11.8 Å². The quantitative estimate of drug-likeness (QED) is 0.707. The lowest BCUT2D eigenvalue weighted by molar-refractivity contribution is -0.161. The van der Waals surface area contributed by atoms with E-state index in [0.29, 0.717) is 24.4 Å². The van der Waals surface area contributed by atoms with Crippen LogP contribution in [0.25, 0.3) is 0 Å². The Morgan fingerprint density at radius 2 is 1.55 bits per heavy atom. The number of likely N-dealkylation sites (tertiary alicyclic amines) is 1. The zero-order valence-corrected chi connectivity index (χ0v) is 17.8. The second kappa shape index (κ2) is 10.8. The average Bonchev–Trinajstić information content (AvgIpc) is 3.00. The Morgan fingerprint density at radius 1 is 0.966 bits per heavy atom. The lowest BCUT2D eigenvalue weighted by Gasteiger charge is -2.26. The van der Waals surface area contributed by atoms with Crippen LogP contribution in [0.4, 0.5) is 0 Å². The maximum Gasteiger partial charge on any atom is 0.329 e. The fourth-order valence-corrected chi connectivity index (χ4v) is 3.31. The third-order valence-electron chi connectivity index (χ3n) is 5.12. The fraction of sp³-hybridized carbons (Fsp3) is 0.591. The summed E-state index contributed by atoms with van der Waals surface area (Å²) in [6.45, 7) is 6.63. The third-order valence-corrected chi connectivity index (χ3v) is 5.12. The van der Waals surface area contributed by atoms with E-state index in [0.717, 1.165) is 25.7 Å². The van der Waals surface area contributed by atoms with Gasteiger partial charge in [0, 0.05) is 18.7 Å². The van der Waals surface area contributed by atoms with Crippen molar-refractivity contribution in [3.05, 3.63) is 29.8 Å². The van der Waals surface area contributed by atoms with E-state index in [1.807, 2.05) is 13.8 Å². The summed E-state index contributed by atoms with van der Waals surface area (Å²) >= 11 is 0. The van der Waals surface area contributed by atoms with Gasteiger partial charge in [-0.3, -0.25) is 9.59 Å². The Balaban J connectivity index is 1.98. The third kappa shape index (κ3) is 6.48. The van der Waals surface area contributed by atoms with Crippen LogP contribution in [0.1, 0.15) is 56.8 Å². The summed E-state index contributed by atoms with van der Waals surface area (Å²) in [6, 6.07) is 5.77. The minimum absolute atomic E-state index is 0.177. The van der Waals surface area contributed by atoms with Crippen LogP contribution in [-0.4, -0.2) is 55.0 Å². The van der Waals surface area contributed by atoms with Gasteiger partial charge in [-0.2, -0.15) is 0 Å². The minimum atomic E-state index is -0.875. The maximum absolute atomic E-state index is 12.7. The molecule has 0 bridgehead atoms. The number of esters is 1. The molecule has 1 aromatic carbocycles. The van der Waals surface area contributed by atoms with E-state index < -0.39 is 18.1 Å². The number of amides is 2. The van der Waals surface area contributed by atoms with Crippen molar-refractivity contribution < 1.29 is 23.9 Å². The summed E-state index contributed by atoms with van der Waals surface area (Å²) in [4.78, 5) is 39.6. The van der Waals surface area contributed by atoms with Gasteiger partial charge in [-0.15, -0.1) is 0 Å². The lowest BCUT2D eigenvalue weighted by atomic mass is 10.0. The van der Waals surface area contributed by atoms with E-state index in [1.165, 1.54) is 0 Å². The summed E-state index contributed by atoms with van der Waals surface area (Å²) in [5.41, 5.74) is 0.415. The molecule has 0 unspecified atom stereocenters. The molecule has 0 radical (unpaired) electrons. The number of nitrogens with one attached hydrogen (secondary N) is 1. The second-order valence-corrected chi connectivity index (χ2v) is 7.74. The van der Waals surface area contributed by atoms with Crippen molar-refractivity contribution in [1.82, 2.24) is 10.2 Å². The van der Waals surface area contributed by atoms with Crippen LogP contribution in [-0.2, 0) is 14.3 Å². The predicted octanol–water partition coefficient (Wildman–Crippen LogP) is 2.78. The van der Waals surface area contributed by atoms with E-state index >= 15 is 0 Å². The van der Waals surface area contributed by atoms with Crippen LogP contribution in [0, 0.1) is 5.92 Å². The largest absolute Gasteiger partial charge is 0.497 e. The Labute approximate surface area is 172 Å². The summed E-state index contributed by atoms with van der Waals surface area (Å²) in [6.07, 6.45) is 3.30. The van der Waals surface area contributed by atoms with Crippen LogP contribution < -0.4 is 10.1 Å². The highest BCUT2D eigenvalue weighted by Crippen LogP contribution is 2.15. The van der Waals surface area contributed by atoms with Crippen LogP contribution in [0.3, 0.4) is 0 Å². The molecule has 1 aromatic rings. The second-order valence-electron chi connectivity index (χ2n) is 7.74. The van der Waals surface area contributed by atoms with E-state index in [-0.39, 0.29) is 17.7 Å². The maximum atomic E-state index is 12.7. The van der Waals surface area contributed by atoms with Crippen molar-refractivity contribution in [2.24, 2.45) is 5.92 Å². The number of benzene rings is 1. The number of ether oxygens (including phenoxy) is 2. The van der Waals surface area contributed by atoms with Crippen molar-refractivity contribution in [1.29, 1.82) is 0 Å². The molecule has 1 fully saturated rings. The molecule has 7 heteroatoms. The Hall–Kier alpha value is -2.57. The minimum Gasteiger partial charge on any atom is -0.497 e. The highest BCUT2D eigenvalue weighted by molar-refractivity contribution is 5.97. The van der Waals surface area contributed by atoms with Gasteiger partial charge in [0.15, 0.2) is 6.10 Å². The van der Waals surface area contributed by atoms with Gasteiger partial charge in [0.25, 0.3) is 11.8 Å². The fourth-order valence-electron chi connectivity index (χ4n) is 3.31. The van der Waals surface area contributed by atoms with Crippen LogP contribution in [0.2, 0.25) is 0 Å². The molecule has 0 aromatic heterocycles.